The largest absolute Gasteiger partial charge is 0.444 e. The molecular weight excluding hydrogens is 461 g/mol. The number of carbonyl (C=O) groups is 1. The summed E-state index contributed by atoms with van der Waals surface area (Å²) in [5.41, 5.74) is -0.514. The van der Waals surface area contributed by atoms with Crippen LogP contribution in [0, 0.1) is 0 Å². The predicted octanol–water partition coefficient (Wildman–Crippen LogP) is 1.80. The van der Waals surface area contributed by atoms with Crippen molar-refractivity contribution in [1.29, 1.82) is 0 Å². The molecule has 0 radical (unpaired) electrons. The minimum atomic E-state index is -0.487. The highest BCUT2D eigenvalue weighted by Crippen LogP contribution is 2.16. The maximum Gasteiger partial charge on any atom is 0.407 e. The Morgan fingerprint density at radius 2 is 1.67 bits per heavy atom. The van der Waals surface area contributed by atoms with E-state index in [1.54, 1.807) is 0 Å². The van der Waals surface area contributed by atoms with Crippen LogP contribution in [0.5, 0.6) is 0 Å². The Bertz CT molecular complexity index is 460. The number of nitrogens with zero attached hydrogens (tertiary/aromatic N) is 2. The number of aliphatic imine (C=N–C) groups is 1. The van der Waals surface area contributed by atoms with Gasteiger partial charge in [0.2, 0.25) is 0 Å². The number of carbonyl (C=O) groups excluding carboxylic acids is 1. The van der Waals surface area contributed by atoms with Crippen LogP contribution < -0.4 is 16.0 Å². The van der Waals surface area contributed by atoms with Crippen LogP contribution >= 0.6 is 24.0 Å². The number of hydrogen-bond donors (Lipinski definition) is 3. The van der Waals surface area contributed by atoms with Gasteiger partial charge in [-0.05, 0) is 41.5 Å². The van der Waals surface area contributed by atoms with Crippen LogP contribution in [0.4, 0.5) is 4.79 Å². The monoisotopic (exact) mass is 499 g/mol. The molecule has 160 valence electrons. The van der Waals surface area contributed by atoms with Crippen molar-refractivity contribution < 1.29 is 14.3 Å². The summed E-state index contributed by atoms with van der Waals surface area (Å²) < 4.78 is 10.6. The maximum atomic E-state index is 11.6. The topological polar surface area (TPSA) is 87.2 Å². The van der Waals surface area contributed by atoms with Gasteiger partial charge in [0.15, 0.2) is 5.96 Å². The second kappa shape index (κ2) is 12.6. The Morgan fingerprint density at radius 3 is 2.22 bits per heavy atom. The molecule has 3 N–H and O–H groups in total. The average Bonchev–Trinajstić information content (AvgIpc) is 2.55. The first-order valence-corrected chi connectivity index (χ1v) is 9.46. The minimum Gasteiger partial charge on any atom is -0.444 e. The molecule has 1 heterocycles. The molecule has 0 saturated carbocycles. The second-order valence-corrected chi connectivity index (χ2v) is 7.96. The van der Waals surface area contributed by atoms with Crippen molar-refractivity contribution in [2.24, 2.45) is 4.99 Å². The number of amides is 1. The van der Waals surface area contributed by atoms with E-state index in [4.69, 9.17) is 14.5 Å². The lowest BCUT2D eigenvalue weighted by Gasteiger charge is -2.39. The third kappa shape index (κ3) is 11.6. The number of morpholine rings is 1. The van der Waals surface area contributed by atoms with Crippen LogP contribution in [0.3, 0.4) is 0 Å². The van der Waals surface area contributed by atoms with Crippen molar-refractivity contribution in [1.82, 2.24) is 20.9 Å². The summed E-state index contributed by atoms with van der Waals surface area (Å²) in [5, 5.41) is 9.21. The van der Waals surface area contributed by atoms with E-state index in [0.717, 1.165) is 38.8 Å². The normalized spacial score (nSPS) is 16.3. The predicted molar refractivity (Wildman–Crippen MR) is 120 cm³/mol. The van der Waals surface area contributed by atoms with Crippen LogP contribution in [-0.2, 0) is 9.47 Å². The number of halogens is 1. The molecule has 1 amide bonds. The quantitative estimate of drug-likeness (QED) is 0.214. The van der Waals surface area contributed by atoms with Crippen molar-refractivity contribution in [2.45, 2.75) is 52.7 Å². The molecule has 1 aliphatic rings. The van der Waals surface area contributed by atoms with Gasteiger partial charge in [0.25, 0.3) is 0 Å². The van der Waals surface area contributed by atoms with Gasteiger partial charge in [0.05, 0.1) is 19.8 Å². The fraction of sp³-hybridized carbons (Fsp3) is 0.889. The molecular formula is C18H38IN5O3. The lowest BCUT2D eigenvalue weighted by atomic mass is 10.0. The lowest BCUT2D eigenvalue weighted by Crippen LogP contribution is -2.52. The highest BCUT2D eigenvalue weighted by Gasteiger charge is 2.28. The van der Waals surface area contributed by atoms with Crippen molar-refractivity contribution in [3.63, 3.8) is 0 Å². The molecule has 1 rings (SSSR count). The third-order valence-electron chi connectivity index (χ3n) is 3.92. The number of alkyl carbamates (subject to hydrolysis) is 1. The molecule has 0 aromatic heterocycles. The highest BCUT2D eigenvalue weighted by atomic mass is 127. The zero-order valence-electron chi connectivity index (χ0n) is 17.7. The van der Waals surface area contributed by atoms with Gasteiger partial charge < -0.3 is 25.4 Å². The summed E-state index contributed by atoms with van der Waals surface area (Å²) >= 11 is 0. The van der Waals surface area contributed by atoms with E-state index in [-0.39, 0.29) is 29.5 Å². The fourth-order valence-corrected chi connectivity index (χ4v) is 2.54. The summed E-state index contributed by atoms with van der Waals surface area (Å²) in [6.45, 7) is 17.9. The summed E-state index contributed by atoms with van der Waals surface area (Å²) in [4.78, 5) is 18.8. The van der Waals surface area contributed by atoms with Gasteiger partial charge in [-0.1, -0.05) is 0 Å². The zero-order valence-corrected chi connectivity index (χ0v) is 20.0. The van der Waals surface area contributed by atoms with Gasteiger partial charge >= 0.3 is 6.09 Å². The minimum absolute atomic E-state index is 0. The van der Waals surface area contributed by atoms with Crippen molar-refractivity contribution in [3.8, 4) is 0 Å². The molecule has 8 nitrogen and oxygen atoms in total. The van der Waals surface area contributed by atoms with Crippen molar-refractivity contribution in [3.05, 3.63) is 0 Å². The molecule has 0 unspecified atom stereocenters. The van der Waals surface area contributed by atoms with Crippen LogP contribution in [-0.4, -0.2) is 80.6 Å². The molecule has 0 aromatic rings. The Labute approximate surface area is 181 Å². The number of nitrogens with one attached hydrogen (secondary N) is 3. The van der Waals surface area contributed by atoms with Gasteiger partial charge in [-0.25, -0.2) is 4.79 Å². The smallest absolute Gasteiger partial charge is 0.407 e. The second-order valence-electron chi connectivity index (χ2n) is 7.96. The van der Waals surface area contributed by atoms with Crippen LogP contribution in [0.25, 0.3) is 0 Å². The Kier molecular flexibility index (Phi) is 12.2. The van der Waals surface area contributed by atoms with E-state index in [1.807, 2.05) is 27.7 Å². The summed E-state index contributed by atoms with van der Waals surface area (Å²) in [6, 6.07) is 0. The van der Waals surface area contributed by atoms with Gasteiger partial charge in [-0.15, -0.1) is 24.0 Å². The van der Waals surface area contributed by atoms with E-state index < -0.39 is 11.7 Å². The molecule has 0 aromatic carbocycles. The van der Waals surface area contributed by atoms with E-state index in [0.29, 0.717) is 19.6 Å². The van der Waals surface area contributed by atoms with E-state index in [2.05, 4.69) is 34.7 Å². The maximum absolute atomic E-state index is 11.6. The van der Waals surface area contributed by atoms with E-state index in [9.17, 15) is 4.79 Å². The lowest BCUT2D eigenvalue weighted by molar-refractivity contribution is -0.00683. The Hall–Kier alpha value is -0.810. The van der Waals surface area contributed by atoms with Gasteiger partial charge in [-0.3, -0.25) is 9.89 Å². The first-order valence-electron chi connectivity index (χ1n) is 9.46. The molecule has 9 heteroatoms. The van der Waals surface area contributed by atoms with Crippen molar-refractivity contribution in [2.75, 3.05) is 52.5 Å². The van der Waals surface area contributed by atoms with E-state index >= 15 is 0 Å². The van der Waals surface area contributed by atoms with Gasteiger partial charge in [0.1, 0.15) is 5.60 Å². The molecule has 1 aliphatic heterocycles. The van der Waals surface area contributed by atoms with Crippen LogP contribution in [0.1, 0.15) is 41.5 Å². The SMILES string of the molecule is CCNC(=NCC(C)(C)N1CCOCC1)NCCNC(=O)OC(C)(C)C.I. The first kappa shape index (κ1) is 26.2. The summed E-state index contributed by atoms with van der Waals surface area (Å²) in [6.07, 6.45) is -0.408. The summed E-state index contributed by atoms with van der Waals surface area (Å²) in [5.74, 6) is 0.750. The average molecular weight is 499 g/mol. The Balaban J connectivity index is 0.00000676. The standard InChI is InChI=1S/C18H37N5O3.HI/c1-7-19-15(20-8-9-21-16(24)26-17(2,3)4)22-14-18(5,6)23-10-12-25-13-11-23;/h7-14H2,1-6H3,(H,21,24)(H2,19,20,22);1H. The number of rotatable bonds is 7. The molecule has 0 atom stereocenters. The first-order chi connectivity index (χ1) is 12.1. The molecule has 0 bridgehead atoms. The third-order valence-corrected chi connectivity index (χ3v) is 3.92. The Morgan fingerprint density at radius 1 is 1.07 bits per heavy atom. The molecule has 0 spiro atoms. The number of hydrogen-bond acceptors (Lipinski definition) is 5. The molecule has 27 heavy (non-hydrogen) atoms. The van der Waals surface area contributed by atoms with Crippen LogP contribution in [0.15, 0.2) is 4.99 Å². The molecule has 0 aliphatic carbocycles. The van der Waals surface area contributed by atoms with Crippen LogP contribution in [0.2, 0.25) is 0 Å². The van der Waals surface area contributed by atoms with E-state index in [1.165, 1.54) is 0 Å². The number of guanidine groups is 1. The molecule has 1 saturated heterocycles. The van der Waals surface area contributed by atoms with Crippen molar-refractivity contribution >= 4 is 36.0 Å². The zero-order chi connectivity index (χ0) is 19.6. The highest BCUT2D eigenvalue weighted by molar-refractivity contribution is 14.0. The molecule has 1 fully saturated rings. The van der Waals surface area contributed by atoms with Gasteiger partial charge in [-0.2, -0.15) is 0 Å². The summed E-state index contributed by atoms with van der Waals surface area (Å²) in [7, 11) is 0. The number of ether oxygens (including phenoxy) is 2. The van der Waals surface area contributed by atoms with Gasteiger partial charge in [0, 0.05) is 38.3 Å². The fourth-order valence-electron chi connectivity index (χ4n) is 2.54.